The molecule has 0 aromatic carbocycles. The van der Waals surface area contributed by atoms with Crippen LogP contribution in [0, 0.1) is 17.3 Å². The third-order valence-electron chi connectivity index (χ3n) is 5.89. The second kappa shape index (κ2) is 4.22. The molecule has 110 valence electrons. The maximum Gasteiger partial charge on any atom is 0.232 e. The molecule has 0 amide bonds. The van der Waals surface area contributed by atoms with Crippen LogP contribution in [-0.4, -0.2) is 10.1 Å². The third kappa shape index (κ3) is 1.85. The lowest BCUT2D eigenvalue weighted by molar-refractivity contribution is -0.0724. The molecule has 4 heteroatoms. The molecular weight excluding hydrogens is 272 g/mol. The van der Waals surface area contributed by atoms with Crippen molar-refractivity contribution in [3.8, 4) is 0 Å². The van der Waals surface area contributed by atoms with Crippen LogP contribution in [0.25, 0.3) is 0 Å². The van der Waals surface area contributed by atoms with Crippen LogP contribution in [-0.2, 0) is 5.41 Å². The summed E-state index contributed by atoms with van der Waals surface area (Å²) in [6.07, 6.45) is 8.80. The van der Waals surface area contributed by atoms with Crippen LogP contribution in [0.4, 0.5) is 0 Å². The van der Waals surface area contributed by atoms with E-state index in [4.69, 9.17) is 21.1 Å². The van der Waals surface area contributed by atoms with Crippen molar-refractivity contribution in [1.82, 2.24) is 10.1 Å². The molecule has 0 radical (unpaired) electrons. The molecule has 1 aromatic heterocycles. The summed E-state index contributed by atoms with van der Waals surface area (Å²) in [6, 6.07) is 0. The Bertz CT molecular complexity index is 512. The van der Waals surface area contributed by atoms with Crippen molar-refractivity contribution in [3.05, 3.63) is 11.7 Å². The van der Waals surface area contributed by atoms with Crippen molar-refractivity contribution in [3.63, 3.8) is 0 Å². The molecule has 3 nitrogen and oxygen atoms in total. The molecule has 1 aromatic rings. The largest absolute Gasteiger partial charge is 0.339 e. The van der Waals surface area contributed by atoms with E-state index in [0.717, 1.165) is 24.1 Å². The Morgan fingerprint density at radius 1 is 1.30 bits per heavy atom. The first-order valence-corrected chi connectivity index (χ1v) is 8.44. The lowest BCUT2D eigenvalue weighted by Crippen LogP contribution is -2.53. The highest BCUT2D eigenvalue weighted by Crippen LogP contribution is 2.65. The SMILES string of the molecule is CCC(Cl)c1noc(C23CC4CC(CC(C)(C4)C2)C3)n1. The van der Waals surface area contributed by atoms with Crippen molar-refractivity contribution in [2.45, 2.75) is 69.6 Å². The number of hydrogen-bond acceptors (Lipinski definition) is 3. The van der Waals surface area contributed by atoms with Crippen molar-refractivity contribution in [2.75, 3.05) is 0 Å². The van der Waals surface area contributed by atoms with Crippen LogP contribution in [0.2, 0.25) is 0 Å². The molecule has 4 bridgehead atoms. The second-order valence-corrected chi connectivity index (χ2v) is 8.41. The first-order chi connectivity index (χ1) is 9.52. The maximum absolute atomic E-state index is 6.25. The summed E-state index contributed by atoms with van der Waals surface area (Å²) < 4.78 is 5.67. The predicted molar refractivity (Wildman–Crippen MR) is 77.7 cm³/mol. The van der Waals surface area contributed by atoms with Gasteiger partial charge in [0.05, 0.1) is 10.8 Å². The van der Waals surface area contributed by atoms with Gasteiger partial charge in [-0.15, -0.1) is 11.6 Å². The van der Waals surface area contributed by atoms with E-state index >= 15 is 0 Å². The summed E-state index contributed by atoms with van der Waals surface area (Å²) in [4.78, 5) is 4.69. The van der Waals surface area contributed by atoms with Gasteiger partial charge in [0.25, 0.3) is 0 Å². The first-order valence-electron chi connectivity index (χ1n) is 8.00. The van der Waals surface area contributed by atoms with Crippen LogP contribution in [0.15, 0.2) is 4.52 Å². The van der Waals surface area contributed by atoms with Gasteiger partial charge in [-0.3, -0.25) is 0 Å². The van der Waals surface area contributed by atoms with Crippen molar-refractivity contribution >= 4 is 11.6 Å². The summed E-state index contributed by atoms with van der Waals surface area (Å²) in [5, 5.41) is 4.03. The molecule has 20 heavy (non-hydrogen) atoms. The number of hydrogen-bond donors (Lipinski definition) is 0. The fourth-order valence-corrected chi connectivity index (χ4v) is 5.82. The van der Waals surface area contributed by atoms with Crippen LogP contribution in [0.1, 0.15) is 75.9 Å². The van der Waals surface area contributed by atoms with E-state index in [9.17, 15) is 0 Å². The molecule has 0 saturated heterocycles. The Hall–Kier alpha value is -0.570. The van der Waals surface area contributed by atoms with Gasteiger partial charge in [-0.25, -0.2) is 0 Å². The normalized spacial score (nSPS) is 44.0. The zero-order chi connectivity index (χ0) is 14.0. The molecule has 4 aliphatic rings. The van der Waals surface area contributed by atoms with Gasteiger partial charge in [0.15, 0.2) is 5.82 Å². The summed E-state index contributed by atoms with van der Waals surface area (Å²) in [5.74, 6) is 3.31. The highest BCUT2D eigenvalue weighted by molar-refractivity contribution is 6.20. The Labute approximate surface area is 125 Å². The Kier molecular flexibility index (Phi) is 2.77. The van der Waals surface area contributed by atoms with Gasteiger partial charge in [0, 0.05) is 0 Å². The second-order valence-electron chi connectivity index (χ2n) is 7.89. The van der Waals surface area contributed by atoms with E-state index in [1.54, 1.807) is 0 Å². The number of rotatable bonds is 3. The summed E-state index contributed by atoms with van der Waals surface area (Å²) in [6.45, 7) is 4.52. The van der Waals surface area contributed by atoms with E-state index in [0.29, 0.717) is 11.2 Å². The molecule has 5 rings (SSSR count). The molecule has 0 spiro atoms. The smallest absolute Gasteiger partial charge is 0.232 e. The van der Waals surface area contributed by atoms with Gasteiger partial charge in [0.1, 0.15) is 0 Å². The minimum Gasteiger partial charge on any atom is -0.339 e. The lowest BCUT2D eigenvalue weighted by atomic mass is 9.44. The van der Waals surface area contributed by atoms with Crippen molar-refractivity contribution in [1.29, 1.82) is 0 Å². The zero-order valence-corrected chi connectivity index (χ0v) is 13.1. The molecule has 3 unspecified atom stereocenters. The maximum atomic E-state index is 6.25. The third-order valence-corrected chi connectivity index (χ3v) is 6.39. The van der Waals surface area contributed by atoms with Gasteiger partial charge in [0.2, 0.25) is 5.89 Å². The number of halogens is 1. The molecule has 4 fully saturated rings. The predicted octanol–water partition coefficient (Wildman–Crippen LogP) is 4.62. The molecular formula is C16H23ClN2O. The van der Waals surface area contributed by atoms with E-state index in [-0.39, 0.29) is 10.8 Å². The number of aromatic nitrogens is 2. The van der Waals surface area contributed by atoms with Crippen LogP contribution in [0.5, 0.6) is 0 Å². The summed E-state index contributed by atoms with van der Waals surface area (Å²) in [7, 11) is 0. The Balaban J connectivity index is 1.69. The topological polar surface area (TPSA) is 38.9 Å². The van der Waals surface area contributed by atoms with E-state index in [2.05, 4.69) is 19.0 Å². The van der Waals surface area contributed by atoms with Gasteiger partial charge < -0.3 is 4.52 Å². The van der Waals surface area contributed by atoms with Crippen molar-refractivity contribution < 1.29 is 4.52 Å². The quantitative estimate of drug-likeness (QED) is 0.764. The summed E-state index contributed by atoms with van der Waals surface area (Å²) in [5.41, 5.74) is 0.665. The zero-order valence-electron chi connectivity index (χ0n) is 12.4. The lowest BCUT2D eigenvalue weighted by Gasteiger charge is -2.59. The molecule has 0 N–H and O–H groups in total. The van der Waals surface area contributed by atoms with Gasteiger partial charge >= 0.3 is 0 Å². The Morgan fingerprint density at radius 2 is 2.00 bits per heavy atom. The highest BCUT2D eigenvalue weighted by atomic mass is 35.5. The van der Waals surface area contributed by atoms with Gasteiger partial charge in [-0.05, 0) is 62.2 Å². The average Bonchev–Trinajstić information content (AvgIpc) is 2.85. The van der Waals surface area contributed by atoms with Crippen LogP contribution in [0.3, 0.4) is 0 Å². The Morgan fingerprint density at radius 3 is 2.60 bits per heavy atom. The molecule has 4 saturated carbocycles. The number of alkyl halides is 1. The standard InChI is InChI=1S/C16H23ClN2O/c1-3-12(17)13-18-14(20-19-13)16-7-10-4-11(8-16)6-15(2,5-10)9-16/h10-12H,3-9H2,1-2H3. The fraction of sp³-hybridized carbons (Fsp3) is 0.875. The monoisotopic (exact) mass is 294 g/mol. The van der Waals surface area contributed by atoms with Gasteiger partial charge in [-0.1, -0.05) is 19.0 Å². The minimum atomic E-state index is -0.114. The average molecular weight is 295 g/mol. The molecule has 3 atom stereocenters. The minimum absolute atomic E-state index is 0.114. The number of nitrogens with zero attached hydrogens (tertiary/aromatic N) is 2. The highest BCUT2D eigenvalue weighted by Gasteiger charge is 2.58. The molecule has 1 heterocycles. The molecule has 0 aliphatic heterocycles. The van der Waals surface area contributed by atoms with E-state index < -0.39 is 0 Å². The van der Waals surface area contributed by atoms with Crippen LogP contribution >= 0.6 is 11.6 Å². The first kappa shape index (κ1) is 13.1. The van der Waals surface area contributed by atoms with E-state index in [1.807, 2.05) is 0 Å². The van der Waals surface area contributed by atoms with E-state index in [1.165, 1.54) is 38.5 Å². The fourth-order valence-electron chi connectivity index (χ4n) is 5.73. The summed E-state index contributed by atoms with van der Waals surface area (Å²) >= 11 is 6.25. The van der Waals surface area contributed by atoms with Gasteiger partial charge in [-0.2, -0.15) is 4.98 Å². The van der Waals surface area contributed by atoms with Crippen LogP contribution < -0.4 is 0 Å². The van der Waals surface area contributed by atoms with Crippen molar-refractivity contribution in [2.24, 2.45) is 17.3 Å². The molecule has 4 aliphatic carbocycles.